The van der Waals surface area contributed by atoms with E-state index in [1.165, 1.54) is 0 Å². The fourth-order valence-electron chi connectivity index (χ4n) is 4.66. The minimum atomic E-state index is -0.00535. The minimum Gasteiger partial charge on any atom is -0.496 e. The molecule has 2 aromatic rings. The van der Waals surface area contributed by atoms with Crippen LogP contribution in [0.2, 0.25) is 0 Å². The molecule has 1 fully saturated rings. The molecule has 31 heavy (non-hydrogen) atoms. The van der Waals surface area contributed by atoms with Crippen LogP contribution in [0.5, 0.6) is 23.0 Å². The van der Waals surface area contributed by atoms with Gasteiger partial charge in [0.1, 0.15) is 30.8 Å². The van der Waals surface area contributed by atoms with E-state index in [9.17, 15) is 4.79 Å². The van der Waals surface area contributed by atoms with Crippen molar-refractivity contribution in [3.63, 3.8) is 0 Å². The van der Waals surface area contributed by atoms with Gasteiger partial charge in [-0.3, -0.25) is 4.79 Å². The molecule has 0 aliphatic carbocycles. The van der Waals surface area contributed by atoms with Crippen molar-refractivity contribution in [1.29, 1.82) is 0 Å². The monoisotopic (exact) mass is 421 g/mol. The number of fused-ring (bicyclic) bond motifs is 2. The molecule has 2 aromatic carbocycles. The van der Waals surface area contributed by atoms with Crippen molar-refractivity contribution in [2.24, 2.45) is 0 Å². The number of amides is 1. The molecule has 6 nitrogen and oxygen atoms in total. The van der Waals surface area contributed by atoms with Crippen LogP contribution in [0.4, 0.5) is 0 Å². The van der Waals surface area contributed by atoms with E-state index in [0.29, 0.717) is 13.2 Å². The molecule has 5 rings (SSSR count). The zero-order chi connectivity index (χ0) is 21.4. The largest absolute Gasteiger partial charge is 0.496 e. The lowest BCUT2D eigenvalue weighted by atomic mass is 10.0. The minimum absolute atomic E-state index is 0.00535. The van der Waals surface area contributed by atoms with Gasteiger partial charge in [-0.2, -0.15) is 0 Å². The maximum atomic E-state index is 13.1. The molecule has 162 valence electrons. The van der Waals surface area contributed by atoms with Crippen molar-refractivity contribution in [3.8, 4) is 23.0 Å². The molecule has 1 saturated heterocycles. The number of likely N-dealkylation sites (tertiary alicyclic amines) is 1. The van der Waals surface area contributed by atoms with Crippen molar-refractivity contribution in [3.05, 3.63) is 53.1 Å². The molecular weight excluding hydrogens is 394 g/mol. The summed E-state index contributed by atoms with van der Waals surface area (Å²) in [6.45, 7) is 3.92. The molecular formula is C25H27NO5. The molecule has 0 spiro atoms. The zero-order valence-corrected chi connectivity index (χ0v) is 17.9. The van der Waals surface area contributed by atoms with Gasteiger partial charge in [-0.05, 0) is 55.7 Å². The van der Waals surface area contributed by atoms with Crippen LogP contribution in [0.3, 0.4) is 0 Å². The molecule has 6 heteroatoms. The fourth-order valence-corrected chi connectivity index (χ4v) is 4.66. The maximum Gasteiger partial charge on any atom is 0.247 e. The van der Waals surface area contributed by atoms with Crippen molar-refractivity contribution in [2.45, 2.75) is 38.3 Å². The molecule has 2 atom stereocenters. The highest BCUT2D eigenvalue weighted by atomic mass is 16.6. The lowest BCUT2D eigenvalue weighted by Crippen LogP contribution is -2.29. The third-order valence-corrected chi connectivity index (χ3v) is 6.14. The predicted octanol–water partition coefficient (Wildman–Crippen LogP) is 4.17. The third kappa shape index (κ3) is 3.82. The Morgan fingerprint density at radius 1 is 1.13 bits per heavy atom. The Morgan fingerprint density at radius 2 is 1.97 bits per heavy atom. The van der Waals surface area contributed by atoms with Crippen molar-refractivity contribution in [1.82, 2.24) is 4.90 Å². The molecule has 0 N–H and O–H groups in total. The van der Waals surface area contributed by atoms with Gasteiger partial charge in [0.15, 0.2) is 11.5 Å². The summed E-state index contributed by atoms with van der Waals surface area (Å²) in [5, 5.41) is 0. The van der Waals surface area contributed by atoms with Crippen molar-refractivity contribution in [2.75, 3.05) is 26.9 Å². The number of benzene rings is 2. The Labute approximate surface area is 182 Å². The SMILES string of the molecule is COc1cc2c(cc1/C=C/C(=O)N1CCC[C@@H]1c1ccc3c(c1)OCCO3)O[C@@H](C)C2. The second-order valence-corrected chi connectivity index (χ2v) is 8.26. The van der Waals surface area contributed by atoms with Gasteiger partial charge in [0.05, 0.1) is 13.2 Å². The summed E-state index contributed by atoms with van der Waals surface area (Å²) in [5.74, 6) is 3.15. The van der Waals surface area contributed by atoms with E-state index in [4.69, 9.17) is 18.9 Å². The van der Waals surface area contributed by atoms with Crippen LogP contribution in [0.25, 0.3) is 6.08 Å². The van der Waals surface area contributed by atoms with Crippen LogP contribution < -0.4 is 18.9 Å². The van der Waals surface area contributed by atoms with Crippen LogP contribution in [0.15, 0.2) is 36.4 Å². The van der Waals surface area contributed by atoms with Gasteiger partial charge >= 0.3 is 0 Å². The van der Waals surface area contributed by atoms with E-state index >= 15 is 0 Å². The Morgan fingerprint density at radius 3 is 2.81 bits per heavy atom. The van der Waals surface area contributed by atoms with Gasteiger partial charge in [0, 0.05) is 30.2 Å². The summed E-state index contributed by atoms with van der Waals surface area (Å²) in [5.41, 5.74) is 3.07. The van der Waals surface area contributed by atoms with Crippen LogP contribution in [0.1, 0.15) is 42.5 Å². The average Bonchev–Trinajstić information content (AvgIpc) is 3.42. The number of ether oxygens (including phenoxy) is 4. The van der Waals surface area contributed by atoms with Crippen molar-refractivity contribution >= 4 is 12.0 Å². The first-order valence-electron chi connectivity index (χ1n) is 10.9. The Kier molecular flexibility index (Phi) is 5.22. The molecule has 0 radical (unpaired) electrons. The van der Waals surface area contributed by atoms with Gasteiger partial charge in [-0.15, -0.1) is 0 Å². The summed E-state index contributed by atoms with van der Waals surface area (Å²) in [6.07, 6.45) is 6.42. The Hall–Kier alpha value is -3.15. The molecule has 0 saturated carbocycles. The van der Waals surface area contributed by atoms with Crippen LogP contribution in [-0.4, -0.2) is 43.8 Å². The molecule has 0 aromatic heterocycles. The maximum absolute atomic E-state index is 13.1. The standard InChI is InChI=1S/C25H27NO5/c1-16-12-19-15-22(28-2)18(14-23(19)31-16)6-8-25(27)26-9-3-4-20(26)17-5-7-21-24(13-17)30-11-10-29-21/h5-8,13-16,20H,3-4,9-12H2,1-2H3/b8-6+/t16-,20+/m0/s1. The first kappa shape index (κ1) is 19.8. The smallest absolute Gasteiger partial charge is 0.247 e. The first-order chi connectivity index (χ1) is 15.1. The molecule has 3 aliphatic heterocycles. The quantitative estimate of drug-likeness (QED) is 0.694. The highest BCUT2D eigenvalue weighted by molar-refractivity contribution is 5.92. The van der Waals surface area contributed by atoms with E-state index in [0.717, 1.165) is 65.5 Å². The normalized spacial score (nSPS) is 21.8. The van der Waals surface area contributed by atoms with E-state index in [1.807, 2.05) is 41.3 Å². The van der Waals surface area contributed by atoms with Gasteiger partial charge in [0.2, 0.25) is 5.91 Å². The lowest BCUT2D eigenvalue weighted by molar-refractivity contribution is -0.126. The van der Waals surface area contributed by atoms with E-state index in [1.54, 1.807) is 13.2 Å². The summed E-state index contributed by atoms with van der Waals surface area (Å²) in [6, 6.07) is 10.0. The van der Waals surface area contributed by atoms with Gasteiger partial charge in [-0.25, -0.2) is 0 Å². The highest BCUT2D eigenvalue weighted by Gasteiger charge is 2.30. The molecule has 0 bridgehead atoms. The molecule has 3 heterocycles. The Balaban J connectivity index is 1.35. The van der Waals surface area contributed by atoms with Gasteiger partial charge < -0.3 is 23.8 Å². The summed E-state index contributed by atoms with van der Waals surface area (Å²) in [7, 11) is 1.65. The summed E-state index contributed by atoms with van der Waals surface area (Å²) in [4.78, 5) is 15.0. The lowest BCUT2D eigenvalue weighted by Gasteiger charge is -2.26. The van der Waals surface area contributed by atoms with Crippen LogP contribution in [0, 0.1) is 0 Å². The summed E-state index contributed by atoms with van der Waals surface area (Å²) >= 11 is 0. The number of methoxy groups -OCH3 is 1. The third-order valence-electron chi connectivity index (χ3n) is 6.14. The first-order valence-corrected chi connectivity index (χ1v) is 10.9. The second kappa shape index (κ2) is 8.17. The number of nitrogens with zero attached hydrogens (tertiary/aromatic N) is 1. The number of hydrogen-bond donors (Lipinski definition) is 0. The molecule has 1 amide bonds. The fraction of sp³-hybridized carbons (Fsp3) is 0.400. The number of rotatable bonds is 4. The Bertz CT molecular complexity index is 1030. The zero-order valence-electron chi connectivity index (χ0n) is 17.9. The molecule has 3 aliphatic rings. The molecule has 0 unspecified atom stereocenters. The van der Waals surface area contributed by atoms with E-state index in [2.05, 4.69) is 6.92 Å². The van der Waals surface area contributed by atoms with E-state index < -0.39 is 0 Å². The second-order valence-electron chi connectivity index (χ2n) is 8.26. The topological polar surface area (TPSA) is 57.2 Å². The highest BCUT2D eigenvalue weighted by Crippen LogP contribution is 2.39. The number of carbonyl (C=O) groups is 1. The van der Waals surface area contributed by atoms with Gasteiger partial charge in [0.25, 0.3) is 0 Å². The van der Waals surface area contributed by atoms with E-state index in [-0.39, 0.29) is 18.1 Å². The van der Waals surface area contributed by atoms with Crippen molar-refractivity contribution < 1.29 is 23.7 Å². The van der Waals surface area contributed by atoms with Gasteiger partial charge in [-0.1, -0.05) is 6.07 Å². The predicted molar refractivity (Wildman–Crippen MR) is 117 cm³/mol. The van der Waals surface area contributed by atoms with Crippen LogP contribution >= 0.6 is 0 Å². The van der Waals surface area contributed by atoms with Crippen LogP contribution in [-0.2, 0) is 11.2 Å². The number of carbonyl (C=O) groups excluding carboxylic acids is 1. The number of hydrogen-bond acceptors (Lipinski definition) is 5. The summed E-state index contributed by atoms with van der Waals surface area (Å²) < 4.78 is 22.8. The average molecular weight is 421 g/mol.